The van der Waals surface area contributed by atoms with E-state index in [0.29, 0.717) is 30.6 Å². The SMILES string of the molecule is CC(C)C1CCN(c2ccc(C(=O)O)c(C(F)(F)F)c2)C1. The molecule has 1 aromatic carbocycles. The lowest BCUT2D eigenvalue weighted by Crippen LogP contribution is -2.22. The summed E-state index contributed by atoms with van der Waals surface area (Å²) in [5.74, 6) is -0.621. The van der Waals surface area contributed by atoms with E-state index < -0.39 is 23.3 Å². The number of alkyl halides is 3. The molecule has 0 spiro atoms. The fraction of sp³-hybridized carbons (Fsp3) is 0.533. The van der Waals surface area contributed by atoms with Gasteiger partial charge in [0.1, 0.15) is 0 Å². The first kappa shape index (κ1) is 15.7. The third-order valence-electron chi connectivity index (χ3n) is 4.07. The highest BCUT2D eigenvalue weighted by Gasteiger charge is 2.36. The van der Waals surface area contributed by atoms with Crippen molar-refractivity contribution in [2.75, 3.05) is 18.0 Å². The van der Waals surface area contributed by atoms with Gasteiger partial charge < -0.3 is 10.0 Å². The lowest BCUT2D eigenvalue weighted by atomic mass is 9.95. The number of hydrogen-bond donors (Lipinski definition) is 1. The van der Waals surface area contributed by atoms with Crippen LogP contribution in [-0.2, 0) is 6.18 Å². The van der Waals surface area contributed by atoms with E-state index in [0.717, 1.165) is 18.6 Å². The first-order valence-corrected chi connectivity index (χ1v) is 6.89. The van der Waals surface area contributed by atoms with E-state index in [1.54, 1.807) is 0 Å². The number of hydrogen-bond acceptors (Lipinski definition) is 2. The molecule has 3 nitrogen and oxygen atoms in total. The summed E-state index contributed by atoms with van der Waals surface area (Å²) in [7, 11) is 0. The van der Waals surface area contributed by atoms with Crippen LogP contribution in [0.5, 0.6) is 0 Å². The maximum Gasteiger partial charge on any atom is 0.417 e. The number of carboxylic acids is 1. The molecule has 1 saturated heterocycles. The van der Waals surface area contributed by atoms with E-state index in [2.05, 4.69) is 13.8 Å². The zero-order valence-corrected chi connectivity index (χ0v) is 11.9. The number of benzene rings is 1. The van der Waals surface area contributed by atoms with Gasteiger partial charge in [-0.2, -0.15) is 13.2 Å². The molecule has 6 heteroatoms. The molecule has 1 aliphatic rings. The van der Waals surface area contributed by atoms with Crippen molar-refractivity contribution in [2.24, 2.45) is 11.8 Å². The van der Waals surface area contributed by atoms with Gasteiger partial charge in [0.25, 0.3) is 0 Å². The molecule has 0 radical (unpaired) electrons. The highest BCUT2D eigenvalue weighted by molar-refractivity contribution is 5.90. The van der Waals surface area contributed by atoms with E-state index in [-0.39, 0.29) is 0 Å². The molecule has 1 heterocycles. The van der Waals surface area contributed by atoms with E-state index in [1.807, 2.05) is 4.90 Å². The number of nitrogens with zero attached hydrogens (tertiary/aromatic N) is 1. The van der Waals surface area contributed by atoms with Gasteiger partial charge in [0.2, 0.25) is 0 Å². The fourth-order valence-electron chi connectivity index (χ4n) is 2.72. The second kappa shape index (κ2) is 5.58. The van der Waals surface area contributed by atoms with Crippen molar-refractivity contribution in [3.05, 3.63) is 29.3 Å². The van der Waals surface area contributed by atoms with Crippen molar-refractivity contribution < 1.29 is 23.1 Å². The van der Waals surface area contributed by atoms with Gasteiger partial charge in [0, 0.05) is 18.8 Å². The molecule has 0 aromatic heterocycles. The maximum atomic E-state index is 13.0. The Hall–Kier alpha value is -1.72. The predicted molar refractivity (Wildman–Crippen MR) is 73.6 cm³/mol. The Labute approximate surface area is 121 Å². The van der Waals surface area contributed by atoms with Crippen LogP contribution in [0, 0.1) is 11.8 Å². The zero-order chi connectivity index (χ0) is 15.8. The maximum absolute atomic E-state index is 13.0. The summed E-state index contributed by atoms with van der Waals surface area (Å²) < 4.78 is 39.0. The van der Waals surface area contributed by atoms with Crippen molar-refractivity contribution >= 4 is 11.7 Å². The summed E-state index contributed by atoms with van der Waals surface area (Å²) in [6.45, 7) is 5.61. The third-order valence-corrected chi connectivity index (χ3v) is 4.07. The van der Waals surface area contributed by atoms with Gasteiger partial charge in [-0.3, -0.25) is 0 Å². The van der Waals surface area contributed by atoms with Gasteiger partial charge in [-0.05, 0) is 36.5 Å². The Balaban J connectivity index is 2.33. The predicted octanol–water partition coefficient (Wildman–Crippen LogP) is 3.89. The van der Waals surface area contributed by atoms with Gasteiger partial charge in [0.15, 0.2) is 0 Å². The third kappa shape index (κ3) is 3.31. The van der Waals surface area contributed by atoms with E-state index >= 15 is 0 Å². The van der Waals surface area contributed by atoms with Crippen molar-refractivity contribution in [3.63, 3.8) is 0 Å². The minimum Gasteiger partial charge on any atom is -0.478 e. The Kier molecular flexibility index (Phi) is 4.16. The van der Waals surface area contributed by atoms with Crippen LogP contribution in [-0.4, -0.2) is 24.2 Å². The summed E-state index contributed by atoms with van der Waals surface area (Å²) in [6.07, 6.45) is -3.72. The number of anilines is 1. The van der Waals surface area contributed by atoms with E-state index in [1.165, 1.54) is 6.07 Å². The molecule has 2 rings (SSSR count). The van der Waals surface area contributed by atoms with Crippen molar-refractivity contribution in [2.45, 2.75) is 26.4 Å². The Bertz CT molecular complexity index is 540. The highest BCUT2D eigenvalue weighted by Crippen LogP contribution is 2.36. The molecule has 1 aliphatic heterocycles. The van der Waals surface area contributed by atoms with Crippen LogP contribution in [0.1, 0.15) is 36.2 Å². The standard InChI is InChI=1S/C15H18F3NO2/c1-9(2)10-5-6-19(8-10)11-3-4-12(14(20)21)13(7-11)15(16,17)18/h3-4,7,9-10H,5-6,8H2,1-2H3,(H,20,21). The number of carboxylic acid groups (broad SMARTS) is 1. The van der Waals surface area contributed by atoms with Crippen LogP contribution in [0.4, 0.5) is 18.9 Å². The average molecular weight is 301 g/mol. The molecule has 1 fully saturated rings. The lowest BCUT2D eigenvalue weighted by Gasteiger charge is -2.22. The van der Waals surface area contributed by atoms with E-state index in [9.17, 15) is 18.0 Å². The monoisotopic (exact) mass is 301 g/mol. The van der Waals surface area contributed by atoms with Crippen LogP contribution < -0.4 is 4.90 Å². The van der Waals surface area contributed by atoms with Gasteiger partial charge in [-0.15, -0.1) is 0 Å². The molecule has 0 bridgehead atoms. The van der Waals surface area contributed by atoms with Crippen molar-refractivity contribution in [1.82, 2.24) is 0 Å². The minimum absolute atomic E-state index is 0.440. The molecular weight excluding hydrogens is 283 g/mol. The fourth-order valence-corrected chi connectivity index (χ4v) is 2.72. The van der Waals surface area contributed by atoms with Crippen molar-refractivity contribution in [1.29, 1.82) is 0 Å². The molecule has 1 atom stereocenters. The first-order chi connectivity index (χ1) is 9.70. The highest BCUT2D eigenvalue weighted by atomic mass is 19.4. The molecule has 0 saturated carbocycles. The summed E-state index contributed by atoms with van der Waals surface area (Å²) in [5.41, 5.74) is -1.35. The number of aromatic carboxylic acids is 1. The molecule has 1 aromatic rings. The topological polar surface area (TPSA) is 40.5 Å². The number of halogens is 3. The largest absolute Gasteiger partial charge is 0.478 e. The second-order valence-corrected chi connectivity index (χ2v) is 5.77. The lowest BCUT2D eigenvalue weighted by molar-refractivity contribution is -0.138. The van der Waals surface area contributed by atoms with Crippen molar-refractivity contribution in [3.8, 4) is 0 Å². The Morgan fingerprint density at radius 3 is 2.52 bits per heavy atom. The molecule has 21 heavy (non-hydrogen) atoms. The molecular formula is C15H18F3NO2. The summed E-state index contributed by atoms with van der Waals surface area (Å²) in [5, 5.41) is 8.89. The van der Waals surface area contributed by atoms with E-state index in [4.69, 9.17) is 5.11 Å². The molecule has 1 N–H and O–H groups in total. The summed E-state index contributed by atoms with van der Waals surface area (Å²) in [6, 6.07) is 3.46. The van der Waals surface area contributed by atoms with Gasteiger partial charge >= 0.3 is 12.1 Å². The Morgan fingerprint density at radius 2 is 2.05 bits per heavy atom. The number of carbonyl (C=O) groups is 1. The zero-order valence-electron chi connectivity index (χ0n) is 11.9. The van der Waals surface area contributed by atoms with Gasteiger partial charge in [-0.1, -0.05) is 13.8 Å². The molecule has 116 valence electrons. The smallest absolute Gasteiger partial charge is 0.417 e. The van der Waals surface area contributed by atoms with Gasteiger partial charge in [0.05, 0.1) is 11.1 Å². The second-order valence-electron chi connectivity index (χ2n) is 5.77. The first-order valence-electron chi connectivity index (χ1n) is 6.89. The van der Waals surface area contributed by atoms with Gasteiger partial charge in [-0.25, -0.2) is 4.79 Å². The Morgan fingerprint density at radius 1 is 1.38 bits per heavy atom. The number of rotatable bonds is 3. The quantitative estimate of drug-likeness (QED) is 0.921. The summed E-state index contributed by atoms with van der Waals surface area (Å²) >= 11 is 0. The van der Waals surface area contributed by atoms with Crippen LogP contribution in [0.25, 0.3) is 0 Å². The van der Waals surface area contributed by atoms with Crippen LogP contribution >= 0.6 is 0 Å². The van der Waals surface area contributed by atoms with Crippen LogP contribution in [0.2, 0.25) is 0 Å². The van der Waals surface area contributed by atoms with Crippen LogP contribution in [0.3, 0.4) is 0 Å². The molecule has 0 amide bonds. The molecule has 0 aliphatic carbocycles. The minimum atomic E-state index is -4.67. The normalized spacial score (nSPS) is 19.3. The average Bonchev–Trinajstić information content (AvgIpc) is 2.86. The van der Waals surface area contributed by atoms with Crippen LogP contribution in [0.15, 0.2) is 18.2 Å². The summed E-state index contributed by atoms with van der Waals surface area (Å²) in [4.78, 5) is 12.8. The molecule has 1 unspecified atom stereocenters.